The van der Waals surface area contributed by atoms with Crippen molar-refractivity contribution < 1.29 is 0 Å². The van der Waals surface area contributed by atoms with Crippen LogP contribution in [0.25, 0.3) is 6.08 Å². The summed E-state index contributed by atoms with van der Waals surface area (Å²) in [6, 6.07) is 8.26. The highest BCUT2D eigenvalue weighted by molar-refractivity contribution is 5.57. The number of nitrogens with zero attached hydrogens (tertiary/aromatic N) is 2. The van der Waals surface area contributed by atoms with Gasteiger partial charge in [0.2, 0.25) is 0 Å². The molecule has 0 aliphatic carbocycles. The molecule has 1 unspecified atom stereocenters. The number of nitrogens with two attached hydrogens (primary N) is 1. The van der Waals surface area contributed by atoms with Crippen LogP contribution in [0.4, 0.5) is 0 Å². The Morgan fingerprint density at radius 2 is 2.30 bits per heavy atom. The molecule has 1 atom stereocenters. The van der Waals surface area contributed by atoms with E-state index in [1.54, 1.807) is 6.20 Å². The van der Waals surface area contributed by atoms with Crippen molar-refractivity contribution in [3.8, 4) is 6.07 Å². The molecule has 2 N–H and O–H groups in total. The van der Waals surface area contributed by atoms with Crippen molar-refractivity contribution >= 4 is 6.08 Å². The molecule has 1 aliphatic heterocycles. The Bertz CT molecular complexity index is 605. The molecule has 0 aromatic heterocycles. The fraction of sp³-hybridized carbons (Fsp3) is 0.235. The lowest BCUT2D eigenvalue weighted by Crippen LogP contribution is -2.16. The molecular weight excluding hydrogens is 246 g/mol. The number of hydrogen-bond donors (Lipinski definition) is 1. The summed E-state index contributed by atoms with van der Waals surface area (Å²) in [6.07, 6.45) is 9.47. The van der Waals surface area contributed by atoms with E-state index in [1.807, 2.05) is 43.5 Å². The van der Waals surface area contributed by atoms with E-state index in [0.29, 0.717) is 5.56 Å². The van der Waals surface area contributed by atoms with Gasteiger partial charge in [0.05, 0.1) is 17.7 Å². The van der Waals surface area contributed by atoms with E-state index in [-0.39, 0.29) is 6.04 Å². The van der Waals surface area contributed by atoms with E-state index in [0.717, 1.165) is 24.1 Å². The van der Waals surface area contributed by atoms with Gasteiger partial charge in [-0.15, -0.1) is 0 Å². The predicted molar refractivity (Wildman–Crippen MR) is 82.1 cm³/mol. The van der Waals surface area contributed by atoms with E-state index in [9.17, 15) is 0 Å². The average Bonchev–Trinajstić information content (AvgIpc) is 2.90. The second kappa shape index (κ2) is 6.12. The van der Waals surface area contributed by atoms with Crippen LogP contribution in [0.5, 0.6) is 0 Å². The molecular formula is C17H19N3. The summed E-state index contributed by atoms with van der Waals surface area (Å²) >= 11 is 0. The highest BCUT2D eigenvalue weighted by Gasteiger charge is 2.28. The van der Waals surface area contributed by atoms with Gasteiger partial charge < -0.3 is 10.6 Å². The fourth-order valence-corrected chi connectivity index (χ4v) is 2.74. The van der Waals surface area contributed by atoms with Gasteiger partial charge in [-0.05, 0) is 49.2 Å². The van der Waals surface area contributed by atoms with Crippen molar-refractivity contribution in [3.05, 3.63) is 65.6 Å². The van der Waals surface area contributed by atoms with E-state index >= 15 is 0 Å². The Morgan fingerprint density at radius 3 is 2.90 bits per heavy atom. The third kappa shape index (κ3) is 2.46. The predicted octanol–water partition coefficient (Wildman–Crippen LogP) is 3.67. The zero-order valence-corrected chi connectivity index (χ0v) is 11.7. The topological polar surface area (TPSA) is 53.0 Å². The maximum absolute atomic E-state index is 9.04. The minimum Gasteiger partial charge on any atom is -0.403 e. The molecule has 1 aliphatic rings. The van der Waals surface area contributed by atoms with Crippen molar-refractivity contribution in [3.63, 3.8) is 0 Å². The van der Waals surface area contributed by atoms with Gasteiger partial charge in [0.15, 0.2) is 0 Å². The Morgan fingerprint density at radius 1 is 1.50 bits per heavy atom. The number of nitriles is 1. The van der Waals surface area contributed by atoms with Crippen molar-refractivity contribution in [1.82, 2.24) is 4.90 Å². The lowest BCUT2D eigenvalue weighted by Gasteiger charge is -2.25. The smallest absolute Gasteiger partial charge is 0.0991 e. The summed E-state index contributed by atoms with van der Waals surface area (Å²) in [4.78, 5) is 2.12. The van der Waals surface area contributed by atoms with Crippen molar-refractivity contribution in [2.45, 2.75) is 25.8 Å². The molecule has 0 amide bonds. The lowest BCUT2D eigenvalue weighted by atomic mass is 9.96. The van der Waals surface area contributed by atoms with Gasteiger partial charge in [-0.1, -0.05) is 24.8 Å². The summed E-state index contributed by atoms with van der Waals surface area (Å²) in [7, 11) is 0. The minimum atomic E-state index is 0.237. The first kappa shape index (κ1) is 14.0. The molecule has 3 heteroatoms. The molecule has 0 saturated carbocycles. The van der Waals surface area contributed by atoms with E-state index in [1.165, 1.54) is 5.56 Å². The van der Waals surface area contributed by atoms with Crippen LogP contribution in [0.1, 0.15) is 42.5 Å². The largest absolute Gasteiger partial charge is 0.403 e. The highest BCUT2D eigenvalue weighted by atomic mass is 15.2. The molecule has 1 aromatic carbocycles. The van der Waals surface area contributed by atoms with Crippen LogP contribution in [0.3, 0.4) is 0 Å². The second-order valence-corrected chi connectivity index (χ2v) is 4.76. The van der Waals surface area contributed by atoms with Crippen molar-refractivity contribution in [1.29, 1.82) is 5.26 Å². The number of rotatable bonds is 3. The molecule has 1 aromatic rings. The maximum Gasteiger partial charge on any atom is 0.0991 e. The summed E-state index contributed by atoms with van der Waals surface area (Å²) < 4.78 is 0. The summed E-state index contributed by atoms with van der Waals surface area (Å²) in [5, 5.41) is 9.04. The number of likely N-dealkylation sites (tertiary alicyclic amines) is 1. The van der Waals surface area contributed by atoms with Gasteiger partial charge in [0.1, 0.15) is 0 Å². The molecule has 0 spiro atoms. The van der Waals surface area contributed by atoms with Crippen LogP contribution in [-0.2, 0) is 0 Å². The van der Waals surface area contributed by atoms with Crippen LogP contribution < -0.4 is 5.73 Å². The van der Waals surface area contributed by atoms with Gasteiger partial charge in [-0.25, -0.2) is 0 Å². The highest BCUT2D eigenvalue weighted by Crippen LogP contribution is 2.39. The molecule has 20 heavy (non-hydrogen) atoms. The third-order valence-corrected chi connectivity index (χ3v) is 3.65. The van der Waals surface area contributed by atoms with Gasteiger partial charge in [-0.3, -0.25) is 0 Å². The second-order valence-electron chi connectivity index (χ2n) is 4.76. The standard InChI is InChI=1S/C17H19N3/c1-3-5-14-10-13(11-18)6-8-16(14)17-9-7-15(12-19)20(17)4-2/h3-6,8,10,12,17H,2,7,9,19H2,1H3/b5-3+,15-12-. The molecule has 1 saturated heterocycles. The number of allylic oxidation sites excluding steroid dienone is 2. The lowest BCUT2D eigenvalue weighted by molar-refractivity contribution is 0.402. The third-order valence-electron chi connectivity index (χ3n) is 3.65. The first-order valence-electron chi connectivity index (χ1n) is 6.73. The van der Waals surface area contributed by atoms with Gasteiger partial charge in [-0.2, -0.15) is 5.26 Å². The fourth-order valence-electron chi connectivity index (χ4n) is 2.74. The van der Waals surface area contributed by atoms with Crippen LogP contribution >= 0.6 is 0 Å². The van der Waals surface area contributed by atoms with Gasteiger partial charge in [0, 0.05) is 11.9 Å². The Balaban J connectivity index is 2.47. The number of hydrogen-bond acceptors (Lipinski definition) is 3. The van der Waals surface area contributed by atoms with Crippen LogP contribution in [0.2, 0.25) is 0 Å². The summed E-state index contributed by atoms with van der Waals surface area (Å²) in [6.45, 7) is 5.87. The minimum absolute atomic E-state index is 0.237. The average molecular weight is 265 g/mol. The molecule has 0 radical (unpaired) electrons. The zero-order valence-electron chi connectivity index (χ0n) is 11.7. The Hall–Kier alpha value is -2.47. The Labute approximate surface area is 120 Å². The van der Waals surface area contributed by atoms with E-state index in [2.05, 4.69) is 17.5 Å². The molecule has 0 bridgehead atoms. The van der Waals surface area contributed by atoms with E-state index in [4.69, 9.17) is 11.0 Å². The van der Waals surface area contributed by atoms with Crippen LogP contribution in [0.15, 0.2) is 49.0 Å². The van der Waals surface area contributed by atoms with Crippen molar-refractivity contribution in [2.75, 3.05) is 0 Å². The molecule has 3 nitrogen and oxygen atoms in total. The monoisotopic (exact) mass is 265 g/mol. The van der Waals surface area contributed by atoms with Gasteiger partial charge >= 0.3 is 0 Å². The zero-order chi connectivity index (χ0) is 14.5. The summed E-state index contributed by atoms with van der Waals surface area (Å²) in [5.74, 6) is 0. The SMILES string of the molecule is C=CN1/C(=C\N)CCC1c1ccc(C#N)cc1/C=C/C. The van der Waals surface area contributed by atoms with Crippen LogP contribution in [0, 0.1) is 11.3 Å². The summed E-state index contributed by atoms with van der Waals surface area (Å²) in [5.41, 5.74) is 9.74. The first-order chi connectivity index (χ1) is 9.74. The molecule has 102 valence electrons. The van der Waals surface area contributed by atoms with Gasteiger partial charge in [0.25, 0.3) is 0 Å². The normalized spacial score (nSPS) is 20.5. The molecule has 2 rings (SSSR count). The Kier molecular flexibility index (Phi) is 4.27. The first-order valence-corrected chi connectivity index (χ1v) is 6.73. The molecule has 1 fully saturated rings. The van der Waals surface area contributed by atoms with E-state index < -0.39 is 0 Å². The quantitative estimate of drug-likeness (QED) is 0.907. The maximum atomic E-state index is 9.04. The molecule has 1 heterocycles. The number of benzene rings is 1. The van der Waals surface area contributed by atoms with Crippen molar-refractivity contribution in [2.24, 2.45) is 5.73 Å². The van der Waals surface area contributed by atoms with Crippen LogP contribution in [-0.4, -0.2) is 4.90 Å².